The quantitative estimate of drug-likeness (QED) is 0.712. The zero-order chi connectivity index (χ0) is 15.4. The topological polar surface area (TPSA) is 48.1 Å². The Morgan fingerprint density at radius 1 is 1.29 bits per heavy atom. The molecule has 1 aromatic carbocycles. The van der Waals surface area contributed by atoms with Gasteiger partial charge in [0.2, 0.25) is 5.88 Å². The van der Waals surface area contributed by atoms with Crippen molar-refractivity contribution in [1.82, 2.24) is 4.98 Å². The summed E-state index contributed by atoms with van der Waals surface area (Å²) in [7, 11) is 0. The van der Waals surface area contributed by atoms with E-state index in [0.29, 0.717) is 21.7 Å². The lowest BCUT2D eigenvalue weighted by Gasteiger charge is -2.10. The van der Waals surface area contributed by atoms with Gasteiger partial charge in [-0.05, 0) is 40.4 Å². The molecule has 6 heteroatoms. The van der Waals surface area contributed by atoms with E-state index in [1.807, 2.05) is 6.07 Å². The standard InChI is InChI=1S/C15H15BrCl2N2O/c1-2-10(19)5-9-3-4-15(20-8-9)21-14-7-12(17)11(16)6-13(14)18/h3-4,6-8,10H,2,5,19H2,1H3. The van der Waals surface area contributed by atoms with Crippen molar-refractivity contribution in [3.05, 3.63) is 50.5 Å². The van der Waals surface area contributed by atoms with Gasteiger partial charge in [-0.15, -0.1) is 0 Å². The number of nitrogens with two attached hydrogens (primary N) is 1. The first kappa shape index (κ1) is 16.6. The first-order chi connectivity index (χ1) is 9.99. The summed E-state index contributed by atoms with van der Waals surface area (Å²) in [4.78, 5) is 4.26. The first-order valence-corrected chi connectivity index (χ1v) is 8.07. The molecule has 0 bridgehead atoms. The summed E-state index contributed by atoms with van der Waals surface area (Å²) in [5, 5.41) is 0.991. The first-order valence-electron chi connectivity index (χ1n) is 6.52. The van der Waals surface area contributed by atoms with Crippen LogP contribution >= 0.6 is 39.1 Å². The summed E-state index contributed by atoms with van der Waals surface area (Å²) >= 11 is 15.4. The molecule has 1 aromatic heterocycles. The van der Waals surface area contributed by atoms with E-state index in [9.17, 15) is 0 Å². The molecule has 1 heterocycles. The third kappa shape index (κ3) is 4.58. The molecular formula is C15H15BrCl2N2O. The number of nitrogens with zero attached hydrogens (tertiary/aromatic N) is 1. The number of halogens is 3. The average Bonchev–Trinajstić information content (AvgIpc) is 2.46. The molecule has 2 rings (SSSR count). The molecule has 0 radical (unpaired) electrons. The molecule has 3 nitrogen and oxygen atoms in total. The summed E-state index contributed by atoms with van der Waals surface area (Å²) in [5.74, 6) is 0.930. The third-order valence-electron chi connectivity index (χ3n) is 3.01. The third-order valence-corrected chi connectivity index (χ3v) is 4.50. The maximum atomic E-state index is 6.11. The van der Waals surface area contributed by atoms with Crippen molar-refractivity contribution in [2.24, 2.45) is 5.73 Å². The normalized spacial score (nSPS) is 12.2. The summed E-state index contributed by atoms with van der Waals surface area (Å²) in [6.45, 7) is 2.06. The number of benzene rings is 1. The Morgan fingerprint density at radius 2 is 2.05 bits per heavy atom. The second-order valence-electron chi connectivity index (χ2n) is 4.68. The van der Waals surface area contributed by atoms with Crippen molar-refractivity contribution in [2.45, 2.75) is 25.8 Å². The average molecular weight is 390 g/mol. The lowest BCUT2D eigenvalue weighted by atomic mass is 10.1. The molecular weight excluding hydrogens is 375 g/mol. The van der Waals surface area contributed by atoms with Gasteiger partial charge >= 0.3 is 0 Å². The second kappa shape index (κ2) is 7.45. The van der Waals surface area contributed by atoms with Crippen molar-refractivity contribution in [3.8, 4) is 11.6 Å². The molecule has 0 amide bonds. The minimum atomic E-state index is 0.151. The fraction of sp³-hybridized carbons (Fsp3) is 0.267. The lowest BCUT2D eigenvalue weighted by Crippen LogP contribution is -2.21. The molecule has 0 aliphatic carbocycles. The molecule has 0 saturated heterocycles. The molecule has 1 unspecified atom stereocenters. The predicted octanol–water partition coefficient (Wildman–Crippen LogP) is 5.22. The number of pyridine rings is 1. The zero-order valence-electron chi connectivity index (χ0n) is 11.4. The van der Waals surface area contributed by atoms with E-state index in [1.165, 1.54) is 0 Å². The highest BCUT2D eigenvalue weighted by Crippen LogP contribution is 2.36. The summed E-state index contributed by atoms with van der Waals surface area (Å²) in [6.07, 6.45) is 3.50. The van der Waals surface area contributed by atoms with Gasteiger partial charge in [-0.2, -0.15) is 0 Å². The smallest absolute Gasteiger partial charge is 0.219 e. The van der Waals surface area contributed by atoms with Gasteiger partial charge in [0.15, 0.2) is 0 Å². The van der Waals surface area contributed by atoms with Crippen LogP contribution in [-0.2, 0) is 6.42 Å². The number of hydrogen-bond donors (Lipinski definition) is 1. The van der Waals surface area contributed by atoms with Crippen LogP contribution in [0.2, 0.25) is 10.0 Å². The molecule has 2 N–H and O–H groups in total. The summed E-state index contributed by atoms with van der Waals surface area (Å²) in [6, 6.07) is 7.24. The Hall–Kier alpha value is -0.810. The maximum absolute atomic E-state index is 6.11. The summed E-state index contributed by atoms with van der Waals surface area (Å²) in [5.41, 5.74) is 7.00. The van der Waals surface area contributed by atoms with Crippen LogP contribution < -0.4 is 10.5 Å². The fourth-order valence-corrected chi connectivity index (χ4v) is 2.57. The number of ether oxygens (including phenoxy) is 1. The van der Waals surface area contributed by atoms with Gasteiger partial charge in [0.25, 0.3) is 0 Å². The number of rotatable bonds is 5. The summed E-state index contributed by atoms with van der Waals surface area (Å²) < 4.78 is 6.37. The van der Waals surface area contributed by atoms with E-state index in [1.54, 1.807) is 24.4 Å². The highest BCUT2D eigenvalue weighted by atomic mass is 79.9. The van der Waals surface area contributed by atoms with Crippen molar-refractivity contribution in [3.63, 3.8) is 0 Å². The van der Waals surface area contributed by atoms with Crippen LogP contribution in [0.25, 0.3) is 0 Å². The van der Waals surface area contributed by atoms with Crippen LogP contribution in [0.5, 0.6) is 11.6 Å². The molecule has 0 spiro atoms. The van der Waals surface area contributed by atoms with E-state index in [-0.39, 0.29) is 6.04 Å². The van der Waals surface area contributed by atoms with E-state index >= 15 is 0 Å². The Labute approximate surface area is 142 Å². The number of aromatic nitrogens is 1. The Balaban J connectivity index is 2.12. The van der Waals surface area contributed by atoms with Crippen LogP contribution in [-0.4, -0.2) is 11.0 Å². The Kier molecular flexibility index (Phi) is 5.88. The molecule has 21 heavy (non-hydrogen) atoms. The Morgan fingerprint density at radius 3 is 2.67 bits per heavy atom. The van der Waals surface area contributed by atoms with Crippen molar-refractivity contribution in [2.75, 3.05) is 0 Å². The molecule has 1 atom stereocenters. The van der Waals surface area contributed by atoms with Crippen LogP contribution in [0.3, 0.4) is 0 Å². The van der Waals surface area contributed by atoms with Crippen molar-refractivity contribution in [1.29, 1.82) is 0 Å². The van der Waals surface area contributed by atoms with E-state index in [4.69, 9.17) is 33.7 Å². The Bertz CT molecular complexity index is 620. The van der Waals surface area contributed by atoms with Crippen LogP contribution in [0, 0.1) is 0 Å². The van der Waals surface area contributed by atoms with Crippen LogP contribution in [0.15, 0.2) is 34.9 Å². The second-order valence-corrected chi connectivity index (χ2v) is 6.34. The maximum Gasteiger partial charge on any atom is 0.219 e. The largest absolute Gasteiger partial charge is 0.437 e. The molecule has 0 saturated carbocycles. The highest BCUT2D eigenvalue weighted by Gasteiger charge is 2.09. The van der Waals surface area contributed by atoms with E-state index < -0.39 is 0 Å². The van der Waals surface area contributed by atoms with Crippen molar-refractivity contribution >= 4 is 39.1 Å². The predicted molar refractivity (Wildman–Crippen MR) is 90.4 cm³/mol. The lowest BCUT2D eigenvalue weighted by molar-refractivity contribution is 0.462. The van der Waals surface area contributed by atoms with Gasteiger partial charge in [0.1, 0.15) is 5.75 Å². The molecule has 0 aliphatic rings. The van der Waals surface area contributed by atoms with E-state index in [2.05, 4.69) is 27.8 Å². The fourth-order valence-electron chi connectivity index (χ4n) is 1.73. The number of hydrogen-bond acceptors (Lipinski definition) is 3. The van der Waals surface area contributed by atoms with Gasteiger partial charge in [-0.1, -0.05) is 36.2 Å². The van der Waals surface area contributed by atoms with E-state index in [0.717, 1.165) is 22.9 Å². The monoisotopic (exact) mass is 388 g/mol. The SMILES string of the molecule is CCC(N)Cc1ccc(Oc2cc(Cl)c(Br)cc2Cl)nc1. The van der Waals surface area contributed by atoms with Gasteiger partial charge in [-0.3, -0.25) is 0 Å². The van der Waals surface area contributed by atoms with Crippen LogP contribution in [0.1, 0.15) is 18.9 Å². The van der Waals surface area contributed by atoms with Gasteiger partial charge in [-0.25, -0.2) is 4.98 Å². The van der Waals surface area contributed by atoms with Crippen molar-refractivity contribution < 1.29 is 4.74 Å². The molecule has 0 fully saturated rings. The zero-order valence-corrected chi connectivity index (χ0v) is 14.5. The van der Waals surface area contributed by atoms with Gasteiger partial charge in [0, 0.05) is 28.8 Å². The van der Waals surface area contributed by atoms with Gasteiger partial charge in [0.05, 0.1) is 10.0 Å². The molecule has 112 valence electrons. The minimum absolute atomic E-state index is 0.151. The molecule has 0 aliphatic heterocycles. The van der Waals surface area contributed by atoms with Gasteiger partial charge < -0.3 is 10.5 Å². The van der Waals surface area contributed by atoms with Crippen LogP contribution in [0.4, 0.5) is 0 Å². The highest BCUT2D eigenvalue weighted by molar-refractivity contribution is 9.10. The molecule has 2 aromatic rings. The minimum Gasteiger partial charge on any atom is -0.437 e.